The normalized spacial score (nSPS) is 11.5. The van der Waals surface area contributed by atoms with Crippen LogP contribution in [0.2, 0.25) is 0 Å². The molecular formula is C17H24N4. The van der Waals surface area contributed by atoms with E-state index in [0.29, 0.717) is 0 Å². The predicted octanol–water partition coefficient (Wildman–Crippen LogP) is 3.88. The summed E-state index contributed by atoms with van der Waals surface area (Å²) in [6, 6.07) is 2.01. The van der Waals surface area contributed by atoms with Crippen LogP contribution in [0.1, 0.15) is 44.6 Å². The molecular weight excluding hydrogens is 260 g/mol. The van der Waals surface area contributed by atoms with E-state index in [4.69, 9.17) is 9.97 Å². The Morgan fingerprint density at radius 2 is 1.86 bits per heavy atom. The van der Waals surface area contributed by atoms with Gasteiger partial charge in [-0.3, -0.25) is 4.98 Å². The molecule has 0 aliphatic heterocycles. The molecule has 2 aromatic rings. The van der Waals surface area contributed by atoms with Crippen molar-refractivity contribution in [2.75, 3.05) is 11.9 Å². The molecule has 4 nitrogen and oxygen atoms in total. The van der Waals surface area contributed by atoms with Gasteiger partial charge in [-0.25, -0.2) is 9.97 Å². The van der Waals surface area contributed by atoms with E-state index in [1.807, 2.05) is 18.5 Å². The highest BCUT2D eigenvalue weighted by Gasteiger charge is 2.22. The summed E-state index contributed by atoms with van der Waals surface area (Å²) in [6.07, 6.45) is 3.69. The predicted molar refractivity (Wildman–Crippen MR) is 87.6 cm³/mol. The van der Waals surface area contributed by atoms with Crippen LogP contribution in [0.25, 0.3) is 11.3 Å². The van der Waals surface area contributed by atoms with Crippen LogP contribution in [0, 0.1) is 13.8 Å². The van der Waals surface area contributed by atoms with Crippen LogP contribution in [-0.4, -0.2) is 21.5 Å². The number of pyridine rings is 1. The second-order valence-electron chi connectivity index (χ2n) is 6.34. The molecule has 0 aliphatic rings. The van der Waals surface area contributed by atoms with Crippen molar-refractivity contribution in [2.45, 2.75) is 47.0 Å². The van der Waals surface area contributed by atoms with Crippen molar-refractivity contribution in [1.29, 1.82) is 0 Å². The Morgan fingerprint density at radius 3 is 2.43 bits per heavy atom. The summed E-state index contributed by atoms with van der Waals surface area (Å²) >= 11 is 0. The minimum atomic E-state index is -0.0945. The summed E-state index contributed by atoms with van der Waals surface area (Å²) < 4.78 is 0. The minimum absolute atomic E-state index is 0.0945. The van der Waals surface area contributed by atoms with Gasteiger partial charge < -0.3 is 5.32 Å². The van der Waals surface area contributed by atoms with Crippen LogP contribution in [0.4, 0.5) is 5.82 Å². The lowest BCUT2D eigenvalue weighted by molar-refractivity contribution is 0.546. The maximum Gasteiger partial charge on any atom is 0.136 e. The van der Waals surface area contributed by atoms with Crippen molar-refractivity contribution in [3.8, 4) is 11.3 Å². The first-order chi connectivity index (χ1) is 9.84. The highest BCUT2D eigenvalue weighted by Crippen LogP contribution is 2.30. The van der Waals surface area contributed by atoms with E-state index in [-0.39, 0.29) is 5.41 Å². The fourth-order valence-corrected chi connectivity index (χ4v) is 2.17. The Bertz CT molecular complexity index is 642. The molecule has 4 heteroatoms. The number of aryl methyl sites for hydroxylation is 1. The molecule has 0 saturated heterocycles. The quantitative estimate of drug-likeness (QED) is 0.929. The number of aromatic nitrogens is 3. The van der Waals surface area contributed by atoms with Gasteiger partial charge in [-0.1, -0.05) is 20.8 Å². The third-order valence-corrected chi connectivity index (χ3v) is 3.46. The molecule has 0 fully saturated rings. The average Bonchev–Trinajstić information content (AvgIpc) is 2.41. The summed E-state index contributed by atoms with van der Waals surface area (Å²) in [4.78, 5) is 13.8. The molecule has 0 radical (unpaired) electrons. The van der Waals surface area contributed by atoms with E-state index in [9.17, 15) is 0 Å². The number of nitrogens with zero attached hydrogens (tertiary/aromatic N) is 3. The fourth-order valence-electron chi connectivity index (χ4n) is 2.17. The first-order valence-electron chi connectivity index (χ1n) is 7.38. The molecule has 0 bridgehead atoms. The standard InChI is InChI=1S/C17H24N4/c1-7-19-15-12(3)14(13-10-18-9-8-11(13)2)20-16(21-15)17(4,5)6/h8-10H,7H2,1-6H3,(H,19,20,21). The van der Waals surface area contributed by atoms with Crippen molar-refractivity contribution in [3.05, 3.63) is 35.4 Å². The molecule has 2 heterocycles. The first kappa shape index (κ1) is 15.4. The number of hydrogen-bond donors (Lipinski definition) is 1. The molecule has 0 spiro atoms. The van der Waals surface area contributed by atoms with Gasteiger partial charge in [0.25, 0.3) is 0 Å². The average molecular weight is 284 g/mol. The van der Waals surface area contributed by atoms with Gasteiger partial charge in [-0.05, 0) is 32.4 Å². The summed E-state index contributed by atoms with van der Waals surface area (Å²) in [5, 5.41) is 3.35. The Labute approximate surface area is 127 Å². The van der Waals surface area contributed by atoms with Crippen molar-refractivity contribution in [2.24, 2.45) is 0 Å². The van der Waals surface area contributed by atoms with Crippen LogP contribution < -0.4 is 5.32 Å². The van der Waals surface area contributed by atoms with Gasteiger partial charge in [0.15, 0.2) is 0 Å². The van der Waals surface area contributed by atoms with Gasteiger partial charge in [0.2, 0.25) is 0 Å². The summed E-state index contributed by atoms with van der Waals surface area (Å²) in [7, 11) is 0. The van der Waals surface area contributed by atoms with Crippen LogP contribution >= 0.6 is 0 Å². The molecule has 21 heavy (non-hydrogen) atoms. The molecule has 0 saturated carbocycles. The molecule has 1 N–H and O–H groups in total. The zero-order valence-electron chi connectivity index (χ0n) is 13.8. The Balaban J connectivity index is 2.70. The van der Waals surface area contributed by atoms with Crippen molar-refractivity contribution in [1.82, 2.24) is 15.0 Å². The van der Waals surface area contributed by atoms with Crippen molar-refractivity contribution < 1.29 is 0 Å². The zero-order chi connectivity index (χ0) is 15.6. The number of hydrogen-bond acceptors (Lipinski definition) is 4. The van der Waals surface area contributed by atoms with Gasteiger partial charge in [-0.15, -0.1) is 0 Å². The van der Waals surface area contributed by atoms with Gasteiger partial charge in [0.1, 0.15) is 11.6 Å². The maximum absolute atomic E-state index is 4.83. The zero-order valence-corrected chi connectivity index (χ0v) is 13.8. The summed E-state index contributed by atoms with van der Waals surface area (Å²) in [5.74, 6) is 1.76. The SMILES string of the molecule is CCNc1nc(C(C)(C)C)nc(-c2cnccc2C)c1C. The first-order valence-corrected chi connectivity index (χ1v) is 7.38. The summed E-state index contributed by atoms with van der Waals surface area (Å²) in [6.45, 7) is 13.5. The smallest absolute Gasteiger partial charge is 0.136 e. The molecule has 0 unspecified atom stereocenters. The third kappa shape index (κ3) is 3.20. The van der Waals surface area contributed by atoms with Gasteiger partial charge in [0, 0.05) is 35.5 Å². The second kappa shape index (κ2) is 5.80. The molecule has 0 atom stereocenters. The van der Waals surface area contributed by atoms with Crippen LogP contribution in [-0.2, 0) is 5.41 Å². The van der Waals surface area contributed by atoms with E-state index >= 15 is 0 Å². The minimum Gasteiger partial charge on any atom is -0.370 e. The van der Waals surface area contributed by atoms with Gasteiger partial charge in [0.05, 0.1) is 5.69 Å². The highest BCUT2D eigenvalue weighted by molar-refractivity contribution is 5.70. The molecule has 112 valence electrons. The van der Waals surface area contributed by atoms with Gasteiger partial charge >= 0.3 is 0 Å². The second-order valence-corrected chi connectivity index (χ2v) is 6.34. The Hall–Kier alpha value is -1.97. The molecule has 2 rings (SSSR count). The van der Waals surface area contributed by atoms with E-state index in [0.717, 1.165) is 35.0 Å². The fraction of sp³-hybridized carbons (Fsp3) is 0.471. The number of nitrogens with one attached hydrogen (secondary N) is 1. The van der Waals surface area contributed by atoms with Gasteiger partial charge in [-0.2, -0.15) is 0 Å². The molecule has 2 aromatic heterocycles. The maximum atomic E-state index is 4.83. The lowest BCUT2D eigenvalue weighted by Gasteiger charge is -2.21. The largest absolute Gasteiger partial charge is 0.370 e. The lowest BCUT2D eigenvalue weighted by atomic mass is 9.94. The molecule has 0 aromatic carbocycles. The molecule has 0 aliphatic carbocycles. The van der Waals surface area contributed by atoms with Crippen LogP contribution in [0.3, 0.4) is 0 Å². The Morgan fingerprint density at radius 1 is 1.14 bits per heavy atom. The number of anilines is 1. The number of rotatable bonds is 3. The van der Waals surface area contributed by atoms with Crippen LogP contribution in [0.5, 0.6) is 0 Å². The topological polar surface area (TPSA) is 50.7 Å². The van der Waals surface area contributed by atoms with Crippen LogP contribution in [0.15, 0.2) is 18.5 Å². The van der Waals surface area contributed by atoms with E-state index in [1.165, 1.54) is 5.56 Å². The van der Waals surface area contributed by atoms with E-state index in [1.54, 1.807) is 0 Å². The van der Waals surface area contributed by atoms with Crippen molar-refractivity contribution >= 4 is 5.82 Å². The molecule has 0 amide bonds. The highest BCUT2D eigenvalue weighted by atomic mass is 15.0. The lowest BCUT2D eigenvalue weighted by Crippen LogP contribution is -2.19. The summed E-state index contributed by atoms with van der Waals surface area (Å²) in [5.41, 5.74) is 4.19. The Kier molecular flexibility index (Phi) is 4.26. The van der Waals surface area contributed by atoms with E-state index < -0.39 is 0 Å². The third-order valence-electron chi connectivity index (χ3n) is 3.46. The van der Waals surface area contributed by atoms with Crippen molar-refractivity contribution in [3.63, 3.8) is 0 Å². The van der Waals surface area contributed by atoms with E-state index in [2.05, 4.69) is 51.8 Å². The monoisotopic (exact) mass is 284 g/mol.